The van der Waals surface area contributed by atoms with Crippen LogP contribution in [0.5, 0.6) is 0 Å². The molecule has 1 aliphatic heterocycles. The number of carbonyl (C=O) groups excluding carboxylic acids is 3. The van der Waals surface area contributed by atoms with Crippen LogP contribution < -0.4 is 5.73 Å². The summed E-state index contributed by atoms with van der Waals surface area (Å²) in [5.74, 6) is -0.419. The van der Waals surface area contributed by atoms with Gasteiger partial charge in [-0.25, -0.2) is 14.5 Å². The summed E-state index contributed by atoms with van der Waals surface area (Å²) in [6.45, 7) is -0.122. The van der Waals surface area contributed by atoms with E-state index in [4.69, 9.17) is 5.73 Å². The molecule has 1 aliphatic rings. The minimum absolute atomic E-state index is 0.155. The zero-order chi connectivity index (χ0) is 12.4. The topological polar surface area (TPSA) is 83.7 Å². The molecule has 5 amide bonds. The lowest BCUT2D eigenvalue weighted by Gasteiger charge is -2.14. The number of hydrogen-bond donors (Lipinski definition) is 1. The van der Waals surface area contributed by atoms with Crippen molar-refractivity contribution >= 4 is 18.0 Å². The predicted molar refractivity (Wildman–Crippen MR) is 58.7 cm³/mol. The lowest BCUT2D eigenvalue weighted by atomic mass is 10.2. The van der Waals surface area contributed by atoms with Crippen LogP contribution in [0.2, 0.25) is 0 Å². The largest absolute Gasteiger partial charge is 0.351 e. The summed E-state index contributed by atoms with van der Waals surface area (Å²) in [6.07, 6.45) is 0. The van der Waals surface area contributed by atoms with Crippen LogP contribution in [0.15, 0.2) is 30.3 Å². The third-order valence-electron chi connectivity index (χ3n) is 2.51. The molecule has 1 aromatic rings. The van der Waals surface area contributed by atoms with Crippen LogP contribution in [0.1, 0.15) is 5.56 Å². The molecule has 1 saturated heterocycles. The van der Waals surface area contributed by atoms with E-state index in [1.54, 1.807) is 12.1 Å². The van der Waals surface area contributed by atoms with Crippen LogP contribution in [0.4, 0.5) is 9.59 Å². The van der Waals surface area contributed by atoms with Crippen molar-refractivity contribution in [2.24, 2.45) is 5.73 Å². The number of nitrogens with zero attached hydrogens (tertiary/aromatic N) is 2. The number of imide groups is 2. The molecular weight excluding hydrogens is 222 g/mol. The molecule has 0 saturated carbocycles. The highest BCUT2D eigenvalue weighted by Gasteiger charge is 2.38. The van der Waals surface area contributed by atoms with E-state index in [9.17, 15) is 14.4 Å². The van der Waals surface area contributed by atoms with E-state index in [1.807, 2.05) is 18.2 Å². The van der Waals surface area contributed by atoms with Crippen LogP contribution in [-0.2, 0) is 11.3 Å². The van der Waals surface area contributed by atoms with Gasteiger partial charge in [-0.1, -0.05) is 30.3 Å². The number of nitrogens with two attached hydrogens (primary N) is 1. The maximum atomic E-state index is 11.7. The third-order valence-corrected chi connectivity index (χ3v) is 2.51. The van der Waals surface area contributed by atoms with Crippen molar-refractivity contribution < 1.29 is 14.4 Å². The SMILES string of the molecule is NC(=O)N1CC(=O)N(Cc2ccccc2)C1=O. The van der Waals surface area contributed by atoms with E-state index in [1.165, 1.54) is 0 Å². The maximum absolute atomic E-state index is 11.7. The van der Waals surface area contributed by atoms with E-state index < -0.39 is 18.0 Å². The van der Waals surface area contributed by atoms with E-state index in [0.29, 0.717) is 0 Å². The molecular formula is C11H11N3O3. The molecule has 0 spiro atoms. The normalized spacial score (nSPS) is 15.5. The first-order chi connectivity index (χ1) is 8.09. The zero-order valence-corrected chi connectivity index (χ0v) is 9.00. The number of amides is 5. The van der Waals surface area contributed by atoms with Crippen LogP contribution in [0, 0.1) is 0 Å². The van der Waals surface area contributed by atoms with Crippen molar-refractivity contribution in [1.29, 1.82) is 0 Å². The van der Waals surface area contributed by atoms with Crippen molar-refractivity contribution in [3.63, 3.8) is 0 Å². The second-order valence-electron chi connectivity index (χ2n) is 3.67. The molecule has 0 unspecified atom stereocenters. The minimum atomic E-state index is -0.904. The average molecular weight is 233 g/mol. The summed E-state index contributed by atoms with van der Waals surface area (Å²) < 4.78 is 0. The second-order valence-corrected chi connectivity index (χ2v) is 3.67. The Bertz CT molecular complexity index is 472. The lowest BCUT2D eigenvalue weighted by Crippen LogP contribution is -2.39. The van der Waals surface area contributed by atoms with Crippen LogP contribution in [0.25, 0.3) is 0 Å². The van der Waals surface area contributed by atoms with E-state index in [-0.39, 0.29) is 13.1 Å². The molecule has 1 aromatic carbocycles. The number of primary amides is 1. The summed E-state index contributed by atoms with van der Waals surface area (Å²) in [4.78, 5) is 35.9. The Balaban J connectivity index is 2.15. The molecule has 2 N–H and O–H groups in total. The summed E-state index contributed by atoms with van der Waals surface area (Å²) in [7, 11) is 0. The maximum Gasteiger partial charge on any atom is 0.335 e. The van der Waals surface area contributed by atoms with Gasteiger partial charge in [-0.2, -0.15) is 0 Å². The van der Waals surface area contributed by atoms with E-state index in [0.717, 1.165) is 15.4 Å². The number of benzene rings is 1. The number of carbonyl (C=O) groups is 3. The van der Waals surface area contributed by atoms with Gasteiger partial charge in [0.1, 0.15) is 6.54 Å². The van der Waals surface area contributed by atoms with Crippen molar-refractivity contribution in [3.05, 3.63) is 35.9 Å². The number of rotatable bonds is 2. The third kappa shape index (κ3) is 2.10. The molecule has 0 atom stereocenters. The van der Waals surface area contributed by atoms with Gasteiger partial charge >= 0.3 is 12.1 Å². The Hall–Kier alpha value is -2.37. The fourth-order valence-corrected chi connectivity index (χ4v) is 1.63. The van der Waals surface area contributed by atoms with Gasteiger partial charge in [0.15, 0.2) is 0 Å². The summed E-state index contributed by atoms with van der Waals surface area (Å²) in [5.41, 5.74) is 5.81. The number of hydrogen-bond acceptors (Lipinski definition) is 3. The first kappa shape index (κ1) is 11.1. The van der Waals surface area contributed by atoms with Crippen molar-refractivity contribution in [2.75, 3.05) is 6.54 Å². The molecule has 6 nitrogen and oxygen atoms in total. The monoisotopic (exact) mass is 233 g/mol. The standard InChI is InChI=1S/C11H11N3O3/c12-10(16)14-7-9(15)13(11(14)17)6-8-4-2-1-3-5-8/h1-5H,6-7H2,(H2,12,16). The molecule has 6 heteroatoms. The highest BCUT2D eigenvalue weighted by molar-refractivity contribution is 6.09. The van der Waals surface area contributed by atoms with Gasteiger partial charge in [0.25, 0.3) is 5.91 Å². The average Bonchev–Trinajstić information content (AvgIpc) is 2.58. The molecule has 0 aliphatic carbocycles. The highest BCUT2D eigenvalue weighted by atomic mass is 16.2. The Morgan fingerprint density at radius 3 is 2.41 bits per heavy atom. The first-order valence-corrected chi connectivity index (χ1v) is 5.05. The van der Waals surface area contributed by atoms with Crippen LogP contribution in [-0.4, -0.2) is 34.3 Å². The van der Waals surface area contributed by atoms with Gasteiger partial charge in [-0.05, 0) is 5.56 Å². The smallest absolute Gasteiger partial charge is 0.335 e. The van der Waals surface area contributed by atoms with Gasteiger partial charge in [-0.15, -0.1) is 0 Å². The molecule has 88 valence electrons. The first-order valence-electron chi connectivity index (χ1n) is 5.05. The zero-order valence-electron chi connectivity index (χ0n) is 9.00. The van der Waals surface area contributed by atoms with Gasteiger partial charge in [0.2, 0.25) is 0 Å². The predicted octanol–water partition coefficient (Wildman–Crippen LogP) is 0.529. The molecule has 1 heterocycles. The fourth-order valence-electron chi connectivity index (χ4n) is 1.63. The van der Waals surface area contributed by atoms with Gasteiger partial charge in [0, 0.05) is 0 Å². The van der Waals surface area contributed by atoms with Crippen LogP contribution in [0.3, 0.4) is 0 Å². The molecule has 0 aromatic heterocycles. The lowest BCUT2D eigenvalue weighted by molar-refractivity contribution is -0.125. The summed E-state index contributed by atoms with van der Waals surface area (Å²) >= 11 is 0. The summed E-state index contributed by atoms with van der Waals surface area (Å²) in [5, 5.41) is 0. The number of urea groups is 2. The highest BCUT2D eigenvalue weighted by Crippen LogP contribution is 2.14. The van der Waals surface area contributed by atoms with E-state index in [2.05, 4.69) is 0 Å². The fraction of sp³-hybridized carbons (Fsp3) is 0.182. The molecule has 1 fully saturated rings. The van der Waals surface area contributed by atoms with Crippen molar-refractivity contribution in [2.45, 2.75) is 6.54 Å². The quantitative estimate of drug-likeness (QED) is 0.756. The van der Waals surface area contributed by atoms with Crippen LogP contribution >= 0.6 is 0 Å². The molecule has 0 bridgehead atoms. The van der Waals surface area contributed by atoms with E-state index >= 15 is 0 Å². The molecule has 0 radical (unpaired) electrons. The van der Waals surface area contributed by atoms with Gasteiger partial charge in [0.05, 0.1) is 6.54 Å². The summed E-state index contributed by atoms with van der Waals surface area (Å²) in [6, 6.07) is 7.50. The van der Waals surface area contributed by atoms with Gasteiger partial charge < -0.3 is 5.73 Å². The molecule has 17 heavy (non-hydrogen) atoms. The van der Waals surface area contributed by atoms with Gasteiger partial charge in [-0.3, -0.25) is 9.69 Å². The van der Waals surface area contributed by atoms with Crippen molar-refractivity contribution in [1.82, 2.24) is 9.80 Å². The minimum Gasteiger partial charge on any atom is -0.351 e. The Kier molecular flexibility index (Phi) is 2.78. The Morgan fingerprint density at radius 2 is 1.88 bits per heavy atom. The van der Waals surface area contributed by atoms with Crippen molar-refractivity contribution in [3.8, 4) is 0 Å². The molecule has 2 rings (SSSR count). The Morgan fingerprint density at radius 1 is 1.24 bits per heavy atom. The second kappa shape index (κ2) is 4.25. The Labute approximate surface area is 97.6 Å².